The smallest absolute Gasteiger partial charge is 0.326 e. The van der Waals surface area contributed by atoms with Crippen molar-refractivity contribution in [1.82, 2.24) is 53.2 Å². The molecule has 0 aromatic heterocycles. The van der Waals surface area contributed by atoms with Gasteiger partial charge < -0.3 is 97.2 Å². The van der Waals surface area contributed by atoms with E-state index >= 15 is 0 Å². The van der Waals surface area contributed by atoms with Gasteiger partial charge in [-0.05, 0) is 116 Å². The molecule has 0 heterocycles. The summed E-state index contributed by atoms with van der Waals surface area (Å²) < 4.78 is 0. The average Bonchev–Trinajstić information content (AvgIpc) is 0.945. The highest BCUT2D eigenvalue weighted by Gasteiger charge is 2.36. The highest BCUT2D eigenvalue weighted by atomic mass is 32.2. The minimum absolute atomic E-state index is 0.00111. The van der Waals surface area contributed by atoms with Crippen LogP contribution in [0.15, 0.2) is 53.5 Å². The van der Waals surface area contributed by atoms with Crippen LogP contribution in [0.5, 0.6) is 11.5 Å². The van der Waals surface area contributed by atoms with Crippen molar-refractivity contribution in [2.45, 2.75) is 186 Å². The van der Waals surface area contributed by atoms with Gasteiger partial charge in [0, 0.05) is 25.8 Å². The van der Waals surface area contributed by atoms with Gasteiger partial charge in [-0.25, -0.2) is 4.79 Å². The van der Waals surface area contributed by atoms with Crippen molar-refractivity contribution >= 4 is 94.6 Å². The third-order valence-corrected chi connectivity index (χ3v) is 15.2. The lowest BCUT2D eigenvalue weighted by Crippen LogP contribution is -2.60. The second-order valence-electron chi connectivity index (χ2n) is 25.0. The van der Waals surface area contributed by atoms with Gasteiger partial charge in [-0.1, -0.05) is 79.7 Å². The van der Waals surface area contributed by atoms with Gasteiger partial charge in [-0.2, -0.15) is 11.8 Å². The topological polar surface area (TPSA) is 545 Å². The molecule has 0 spiro atoms. The van der Waals surface area contributed by atoms with E-state index in [1.54, 1.807) is 47.8 Å². The van der Waals surface area contributed by atoms with Gasteiger partial charge in [0.2, 0.25) is 70.9 Å². The number of phenolic OH excluding ortho intramolecular Hbond substituents is 2. The Bertz CT molecular complexity index is 2980. The van der Waals surface area contributed by atoms with Crippen molar-refractivity contribution < 1.29 is 77.6 Å². The molecule has 534 valence electrons. The lowest BCUT2D eigenvalue weighted by atomic mass is 9.99. The Labute approximate surface area is 563 Å². The number of nitrogens with zero attached hydrogens (tertiary/aromatic N) is 1. The molecule has 12 amide bonds. The minimum atomic E-state index is -1.75. The second kappa shape index (κ2) is 42.2. The number of rotatable bonds is 44. The number of phenols is 2. The van der Waals surface area contributed by atoms with Crippen LogP contribution in [-0.4, -0.2) is 184 Å². The number of thioether (sulfide) groups is 1. The summed E-state index contributed by atoms with van der Waals surface area (Å²) in [5, 5.41) is 55.2. The fourth-order valence-electron chi connectivity index (χ4n) is 9.63. The highest BCUT2D eigenvalue weighted by molar-refractivity contribution is 7.98. The summed E-state index contributed by atoms with van der Waals surface area (Å²) in [6.07, 6.45) is 0.0289. The van der Waals surface area contributed by atoms with Crippen LogP contribution in [0, 0.1) is 23.7 Å². The lowest BCUT2D eigenvalue weighted by Gasteiger charge is -2.28. The van der Waals surface area contributed by atoms with E-state index in [9.17, 15) is 77.6 Å². The molecular formula is C63H100N16O16S. The number of aliphatic imine (C=N–C) groups is 1. The number of carbonyl (C=O) groups excluding carboxylic acids is 12. The third-order valence-electron chi connectivity index (χ3n) is 14.6. The van der Waals surface area contributed by atoms with Crippen LogP contribution >= 0.6 is 11.8 Å². The van der Waals surface area contributed by atoms with Crippen LogP contribution < -0.4 is 81.8 Å². The first kappa shape index (κ1) is 82.8. The van der Waals surface area contributed by atoms with Crippen LogP contribution in [0.4, 0.5) is 0 Å². The summed E-state index contributed by atoms with van der Waals surface area (Å²) >= 11 is 1.34. The van der Waals surface area contributed by atoms with E-state index in [2.05, 4.69) is 58.2 Å². The average molecular weight is 1370 g/mol. The van der Waals surface area contributed by atoms with Crippen molar-refractivity contribution in [3.63, 3.8) is 0 Å². The second-order valence-corrected chi connectivity index (χ2v) is 26.0. The first-order chi connectivity index (χ1) is 45.0. The normalized spacial score (nSPS) is 14.3. The van der Waals surface area contributed by atoms with Gasteiger partial charge in [0.15, 0.2) is 5.96 Å². The maximum Gasteiger partial charge on any atom is 0.326 e. The molecule has 2 rings (SSSR count). The number of primary amides is 2. The van der Waals surface area contributed by atoms with E-state index in [0.717, 1.165) is 0 Å². The number of amides is 12. The molecule has 0 fully saturated rings. The maximum atomic E-state index is 14.6. The Morgan fingerprint density at radius 3 is 1.30 bits per heavy atom. The Hall–Kier alpha value is -9.27. The number of guanidine groups is 1. The molecule has 0 saturated heterocycles. The molecule has 0 aliphatic rings. The number of carboxylic acids is 1. The zero-order chi connectivity index (χ0) is 72.5. The molecule has 0 aliphatic carbocycles. The molecule has 2 aromatic carbocycles. The van der Waals surface area contributed by atoms with Crippen LogP contribution in [-0.2, 0) is 75.2 Å². The predicted molar refractivity (Wildman–Crippen MR) is 358 cm³/mol. The summed E-state index contributed by atoms with van der Waals surface area (Å²) in [5.41, 5.74) is 28.9. The Morgan fingerprint density at radius 2 is 0.865 bits per heavy atom. The zero-order valence-electron chi connectivity index (χ0n) is 56.0. The van der Waals surface area contributed by atoms with E-state index in [-0.39, 0.29) is 106 Å². The molecule has 0 radical (unpaired) electrons. The van der Waals surface area contributed by atoms with Crippen molar-refractivity contribution in [2.24, 2.45) is 57.3 Å². The summed E-state index contributed by atoms with van der Waals surface area (Å²) in [7, 11) is 0. The number of hydrogen-bond acceptors (Lipinski definition) is 18. The Kier molecular flexibility index (Phi) is 36.4. The SMILES string of the molecule is CSCC[C@H](NC(=O)[C@H](CCC(N)=O)NC(=O)[C@@H](N)CC(C)C)C(=O)N[C@@H](Cc1ccc(O)cc1)C(=O)N[C@@H](CC(C)C)C(=O)N[C@@H](CCCN=C(N)N)C(=O)NCC(=O)N[C@@H](Cc1ccc(O)cc1)C(=O)N[C@@H](CC(N)=O)C(=O)N[C@@H](CC(C)C)C(=O)N[C@H](C(=O)O)C(C)C. The van der Waals surface area contributed by atoms with Crippen molar-refractivity contribution in [2.75, 3.05) is 25.1 Å². The highest BCUT2D eigenvalue weighted by Crippen LogP contribution is 2.17. The van der Waals surface area contributed by atoms with Crippen LogP contribution in [0.25, 0.3) is 0 Å². The largest absolute Gasteiger partial charge is 0.508 e. The Morgan fingerprint density at radius 1 is 0.469 bits per heavy atom. The summed E-state index contributed by atoms with van der Waals surface area (Å²) in [6.45, 7) is 12.9. The molecule has 0 saturated carbocycles. The number of carbonyl (C=O) groups is 13. The fraction of sp³-hybridized carbons (Fsp3) is 0.587. The predicted octanol–water partition coefficient (Wildman–Crippen LogP) is -2.48. The molecule has 0 unspecified atom stereocenters. The summed E-state index contributed by atoms with van der Waals surface area (Å²) in [5.74, 6) is -13.5. The number of nitrogens with two attached hydrogens (primary N) is 5. The van der Waals surface area contributed by atoms with E-state index in [4.69, 9.17) is 28.7 Å². The van der Waals surface area contributed by atoms with Gasteiger partial charge in [0.1, 0.15) is 65.9 Å². The molecule has 0 aliphatic heterocycles. The fourth-order valence-corrected chi connectivity index (χ4v) is 10.1. The van der Waals surface area contributed by atoms with Crippen molar-refractivity contribution in [3.8, 4) is 11.5 Å². The number of nitrogens with one attached hydrogen (secondary N) is 10. The minimum Gasteiger partial charge on any atom is -0.508 e. The van der Waals surface area contributed by atoms with Gasteiger partial charge >= 0.3 is 5.97 Å². The molecule has 2 aromatic rings. The lowest BCUT2D eigenvalue weighted by molar-refractivity contribution is -0.143. The number of aromatic hydroxyl groups is 2. The maximum absolute atomic E-state index is 14.6. The van der Waals surface area contributed by atoms with Gasteiger partial charge in [-0.15, -0.1) is 0 Å². The quantitative estimate of drug-likeness (QED) is 0.0185. The zero-order valence-corrected chi connectivity index (χ0v) is 56.8. The Balaban J connectivity index is 2.54. The van der Waals surface area contributed by atoms with Crippen LogP contribution in [0.2, 0.25) is 0 Å². The van der Waals surface area contributed by atoms with Crippen LogP contribution in [0.3, 0.4) is 0 Å². The number of aliphatic carboxylic acids is 1. The first-order valence-electron chi connectivity index (χ1n) is 31.6. The first-order valence-corrected chi connectivity index (χ1v) is 33.0. The van der Waals surface area contributed by atoms with E-state index in [1.807, 2.05) is 13.8 Å². The van der Waals surface area contributed by atoms with Gasteiger partial charge in [-0.3, -0.25) is 62.5 Å². The number of benzene rings is 2. The molecule has 32 nitrogen and oxygen atoms in total. The molecule has 96 heavy (non-hydrogen) atoms. The van der Waals surface area contributed by atoms with Crippen LogP contribution in [0.1, 0.15) is 124 Å². The molecule has 0 bridgehead atoms. The van der Waals surface area contributed by atoms with E-state index in [0.29, 0.717) is 16.9 Å². The number of carboxylic acid groups (broad SMARTS) is 1. The summed E-state index contributed by atoms with van der Waals surface area (Å²) in [4.78, 5) is 180. The number of hydrogen-bond donors (Lipinski definition) is 18. The monoisotopic (exact) mass is 1370 g/mol. The third kappa shape index (κ3) is 32.2. The summed E-state index contributed by atoms with van der Waals surface area (Å²) in [6, 6.07) is -2.91. The molecule has 10 atom stereocenters. The standard InChI is InChI=1S/C63H100N16O16S/c1-32(2)25-40(64)53(85)72-42(20-21-49(65)82)55(87)74-43(22-24-96-9)56(88)77-47(29-37-14-18-39(81)19-15-37)59(91)75-44(26-33(3)4)57(89)73-41(11-10-23-69-63(67)68)54(86)70-31-51(84)71-46(28-36-12-16-38(80)17-13-36)58(90)78-48(30-50(66)83)60(92)76-45(27-34(5)6)61(93)79-52(35(7)8)62(94)95/h12-19,32-35,40-48,52,80-81H,10-11,20-31,64H2,1-9H3,(H2,65,82)(H2,66,83)(H,70,86)(H,71,84)(H,72,85)(H,73,89)(H,74,87)(H,75,91)(H,76,92)(H,77,88)(H,78,90)(H,79,93)(H,94,95)(H4,67,68,69)/t40-,41-,42-,43-,44-,45-,46-,47-,48-,52-/m0/s1. The van der Waals surface area contributed by atoms with E-state index in [1.165, 1.54) is 60.3 Å². The molecule has 23 N–H and O–H groups in total. The van der Waals surface area contributed by atoms with Crippen molar-refractivity contribution in [3.05, 3.63) is 59.7 Å². The van der Waals surface area contributed by atoms with E-state index < -0.39 is 156 Å². The van der Waals surface area contributed by atoms with Gasteiger partial charge in [0.05, 0.1) is 19.0 Å². The molecule has 33 heteroatoms. The molecular weight excluding hydrogens is 1270 g/mol. The van der Waals surface area contributed by atoms with Gasteiger partial charge in [0.25, 0.3) is 0 Å². The van der Waals surface area contributed by atoms with Crippen molar-refractivity contribution in [1.29, 1.82) is 0 Å².